The molecule has 1 aromatic rings. The number of rotatable bonds is 4. The fraction of sp³-hybridized carbons (Fsp3) is 0.385. The highest BCUT2D eigenvalue weighted by atomic mass is 19.1. The molecule has 0 aromatic heterocycles. The highest BCUT2D eigenvalue weighted by Crippen LogP contribution is 2.45. The number of ether oxygens (including phenoxy) is 1. The first kappa shape index (κ1) is 13.3. The average Bonchev–Trinajstić information content (AvgIpc) is 2.25. The molecule has 19 heavy (non-hydrogen) atoms. The van der Waals surface area contributed by atoms with Gasteiger partial charge in [0.2, 0.25) is 0 Å². The van der Waals surface area contributed by atoms with E-state index in [-0.39, 0.29) is 16.9 Å². The van der Waals surface area contributed by atoms with Crippen LogP contribution in [0.3, 0.4) is 0 Å². The van der Waals surface area contributed by atoms with Crippen LogP contribution in [0.1, 0.15) is 35.2 Å². The molecule has 0 heterocycles. The molecule has 0 amide bonds. The molecule has 1 saturated carbocycles. The van der Waals surface area contributed by atoms with E-state index in [1.54, 1.807) is 0 Å². The van der Waals surface area contributed by atoms with Gasteiger partial charge in [0.25, 0.3) is 0 Å². The summed E-state index contributed by atoms with van der Waals surface area (Å²) in [5, 5.41) is 18.3. The average molecular weight is 268 g/mol. The summed E-state index contributed by atoms with van der Waals surface area (Å²) in [6.07, 6.45) is 1.49. The summed E-state index contributed by atoms with van der Waals surface area (Å²) >= 11 is 0. The highest BCUT2D eigenvalue weighted by Gasteiger charge is 2.46. The Labute approximate surface area is 108 Å². The first-order chi connectivity index (χ1) is 8.92. The van der Waals surface area contributed by atoms with Crippen molar-refractivity contribution in [2.75, 3.05) is 7.11 Å². The predicted octanol–water partition coefficient (Wildman–Crippen LogP) is 2.04. The number of aliphatic carboxylic acids is 1. The van der Waals surface area contributed by atoms with Crippen molar-refractivity contribution in [2.24, 2.45) is 0 Å². The number of carboxylic acids is 2. The van der Waals surface area contributed by atoms with Gasteiger partial charge in [-0.3, -0.25) is 4.79 Å². The lowest BCUT2D eigenvalue weighted by molar-refractivity contribution is -0.147. The number of methoxy groups -OCH3 is 1. The van der Waals surface area contributed by atoms with Gasteiger partial charge in [-0.1, -0.05) is 6.42 Å². The second-order valence-corrected chi connectivity index (χ2v) is 4.58. The van der Waals surface area contributed by atoms with E-state index in [0.29, 0.717) is 12.8 Å². The summed E-state index contributed by atoms with van der Waals surface area (Å²) in [5.74, 6) is -3.64. The van der Waals surface area contributed by atoms with Crippen molar-refractivity contribution in [1.29, 1.82) is 0 Å². The topological polar surface area (TPSA) is 83.8 Å². The highest BCUT2D eigenvalue weighted by molar-refractivity contribution is 5.92. The van der Waals surface area contributed by atoms with Crippen LogP contribution in [0.5, 0.6) is 5.75 Å². The molecule has 0 bridgehead atoms. The molecule has 0 atom stereocenters. The zero-order chi connectivity index (χ0) is 14.2. The van der Waals surface area contributed by atoms with Gasteiger partial charge in [-0.05, 0) is 30.5 Å². The molecule has 0 aliphatic heterocycles. The second-order valence-electron chi connectivity index (χ2n) is 4.58. The van der Waals surface area contributed by atoms with Crippen molar-refractivity contribution >= 4 is 11.9 Å². The SMILES string of the molecule is COc1c(F)cc(C2(C(=O)O)CCC2)cc1C(=O)O. The van der Waals surface area contributed by atoms with Crippen LogP contribution in [-0.2, 0) is 10.2 Å². The largest absolute Gasteiger partial charge is 0.493 e. The lowest BCUT2D eigenvalue weighted by Gasteiger charge is -2.38. The maximum Gasteiger partial charge on any atom is 0.339 e. The van der Waals surface area contributed by atoms with E-state index in [4.69, 9.17) is 9.84 Å². The molecule has 0 saturated heterocycles. The van der Waals surface area contributed by atoms with E-state index in [1.807, 2.05) is 0 Å². The Balaban J connectivity index is 2.60. The van der Waals surface area contributed by atoms with Gasteiger partial charge in [0.15, 0.2) is 11.6 Å². The third kappa shape index (κ3) is 1.93. The van der Waals surface area contributed by atoms with E-state index in [2.05, 4.69) is 0 Å². The van der Waals surface area contributed by atoms with Crippen molar-refractivity contribution in [3.05, 3.63) is 29.1 Å². The van der Waals surface area contributed by atoms with Crippen LogP contribution in [0.2, 0.25) is 0 Å². The van der Waals surface area contributed by atoms with Gasteiger partial charge in [0.05, 0.1) is 12.5 Å². The number of hydrogen-bond acceptors (Lipinski definition) is 3. The summed E-state index contributed by atoms with van der Waals surface area (Å²) < 4.78 is 18.6. The molecule has 102 valence electrons. The van der Waals surface area contributed by atoms with Crippen LogP contribution in [0.25, 0.3) is 0 Å². The smallest absolute Gasteiger partial charge is 0.339 e. The summed E-state index contributed by atoms with van der Waals surface area (Å²) in [5.41, 5.74) is -1.34. The van der Waals surface area contributed by atoms with Crippen molar-refractivity contribution in [1.82, 2.24) is 0 Å². The van der Waals surface area contributed by atoms with Crippen molar-refractivity contribution in [3.63, 3.8) is 0 Å². The Morgan fingerprint density at radius 3 is 2.32 bits per heavy atom. The van der Waals surface area contributed by atoms with Gasteiger partial charge in [-0.2, -0.15) is 0 Å². The number of aromatic carboxylic acids is 1. The molecule has 2 N–H and O–H groups in total. The van der Waals surface area contributed by atoms with Gasteiger partial charge in [0, 0.05) is 0 Å². The van der Waals surface area contributed by atoms with Crippen LogP contribution in [-0.4, -0.2) is 29.3 Å². The molecule has 1 aromatic carbocycles. The lowest BCUT2D eigenvalue weighted by atomic mass is 9.64. The standard InChI is InChI=1S/C13H13FO5/c1-19-10-8(11(15)16)5-7(6-9(10)14)13(12(17)18)3-2-4-13/h5-6H,2-4H2,1H3,(H,15,16)(H,17,18). The van der Waals surface area contributed by atoms with E-state index < -0.39 is 23.2 Å². The molecule has 2 rings (SSSR count). The van der Waals surface area contributed by atoms with Crippen LogP contribution < -0.4 is 4.74 Å². The molecule has 0 spiro atoms. The first-order valence-electron chi connectivity index (χ1n) is 5.77. The summed E-state index contributed by atoms with van der Waals surface area (Å²) in [4.78, 5) is 22.4. The number of carbonyl (C=O) groups is 2. The normalized spacial score (nSPS) is 16.5. The van der Waals surface area contributed by atoms with Crippen molar-refractivity contribution in [2.45, 2.75) is 24.7 Å². The van der Waals surface area contributed by atoms with Crippen LogP contribution in [0.15, 0.2) is 12.1 Å². The van der Waals surface area contributed by atoms with E-state index >= 15 is 0 Å². The van der Waals surface area contributed by atoms with Gasteiger partial charge in [0.1, 0.15) is 5.56 Å². The van der Waals surface area contributed by atoms with Crippen molar-refractivity contribution in [3.8, 4) is 5.75 Å². The Hall–Kier alpha value is -2.11. The van der Waals surface area contributed by atoms with Gasteiger partial charge in [-0.25, -0.2) is 9.18 Å². The molecule has 5 nitrogen and oxygen atoms in total. The molecule has 6 heteroatoms. The van der Waals surface area contributed by atoms with Gasteiger partial charge < -0.3 is 14.9 Å². The van der Waals surface area contributed by atoms with E-state index in [9.17, 15) is 19.1 Å². The molecule has 1 aliphatic rings. The minimum atomic E-state index is -1.35. The minimum Gasteiger partial charge on any atom is -0.493 e. The zero-order valence-corrected chi connectivity index (χ0v) is 10.3. The molecule has 0 unspecified atom stereocenters. The number of hydrogen-bond donors (Lipinski definition) is 2. The Kier molecular flexibility index (Phi) is 3.18. The number of carboxylic acid groups (broad SMARTS) is 2. The fourth-order valence-corrected chi connectivity index (χ4v) is 2.39. The third-order valence-corrected chi connectivity index (χ3v) is 3.65. The monoisotopic (exact) mass is 268 g/mol. The van der Waals surface area contributed by atoms with E-state index in [1.165, 1.54) is 13.2 Å². The van der Waals surface area contributed by atoms with Crippen LogP contribution in [0.4, 0.5) is 4.39 Å². The van der Waals surface area contributed by atoms with Gasteiger partial charge >= 0.3 is 11.9 Å². The predicted molar refractivity (Wildman–Crippen MR) is 63.1 cm³/mol. The molecule has 1 aliphatic carbocycles. The Morgan fingerprint density at radius 1 is 1.32 bits per heavy atom. The molecular formula is C13H13FO5. The maximum absolute atomic E-state index is 13.8. The number of benzene rings is 1. The van der Waals surface area contributed by atoms with Crippen LogP contribution >= 0.6 is 0 Å². The summed E-state index contributed by atoms with van der Waals surface area (Å²) in [7, 11) is 1.17. The quantitative estimate of drug-likeness (QED) is 0.873. The van der Waals surface area contributed by atoms with Gasteiger partial charge in [-0.15, -0.1) is 0 Å². The van der Waals surface area contributed by atoms with Crippen molar-refractivity contribution < 1.29 is 28.9 Å². The third-order valence-electron chi connectivity index (χ3n) is 3.65. The fourth-order valence-electron chi connectivity index (χ4n) is 2.39. The summed E-state index contributed by atoms with van der Waals surface area (Å²) in [6, 6.07) is 2.25. The second kappa shape index (κ2) is 4.53. The zero-order valence-electron chi connectivity index (χ0n) is 10.3. The minimum absolute atomic E-state index is 0.182. The Bertz CT molecular complexity index is 548. The molecular weight excluding hydrogens is 255 g/mol. The Morgan fingerprint density at radius 2 is 1.95 bits per heavy atom. The molecule has 0 radical (unpaired) electrons. The number of halogens is 1. The lowest BCUT2D eigenvalue weighted by Crippen LogP contribution is -2.42. The maximum atomic E-state index is 13.8. The first-order valence-corrected chi connectivity index (χ1v) is 5.77. The summed E-state index contributed by atoms with van der Waals surface area (Å²) in [6.45, 7) is 0. The molecule has 1 fully saturated rings. The van der Waals surface area contributed by atoms with Crippen LogP contribution in [0, 0.1) is 5.82 Å². The van der Waals surface area contributed by atoms with E-state index in [0.717, 1.165) is 12.5 Å².